The molecule has 1 aromatic heterocycles. The molecule has 0 saturated carbocycles. The summed E-state index contributed by atoms with van der Waals surface area (Å²) in [6.07, 6.45) is 1.64. The van der Waals surface area contributed by atoms with Gasteiger partial charge in [0.25, 0.3) is 10.0 Å². The normalized spacial score (nSPS) is 18.5. The van der Waals surface area contributed by atoms with Crippen LogP contribution < -0.4 is 5.46 Å². The minimum Gasteiger partial charge on any atom is -0.399 e. The van der Waals surface area contributed by atoms with Gasteiger partial charge in [0, 0.05) is 17.0 Å². The van der Waals surface area contributed by atoms with E-state index < -0.39 is 28.3 Å². The van der Waals surface area contributed by atoms with Crippen LogP contribution in [-0.4, -0.2) is 30.7 Å². The van der Waals surface area contributed by atoms with E-state index in [2.05, 4.69) is 0 Å². The predicted octanol–water partition coefficient (Wildman–Crippen LogP) is 3.79. The van der Waals surface area contributed by atoms with Crippen LogP contribution in [0.25, 0.3) is 10.9 Å². The lowest BCUT2D eigenvalue weighted by Crippen LogP contribution is -2.41. The van der Waals surface area contributed by atoms with E-state index in [0.29, 0.717) is 5.52 Å². The van der Waals surface area contributed by atoms with Crippen molar-refractivity contribution in [1.82, 2.24) is 3.97 Å². The van der Waals surface area contributed by atoms with Gasteiger partial charge in [0.05, 0.1) is 21.6 Å². The predicted molar refractivity (Wildman–Crippen MR) is 116 cm³/mol. The molecular weight excluding hydrogens is 385 g/mol. The number of nitrogens with zero attached hydrogens (tertiary/aromatic N) is 1. The maximum Gasteiger partial charge on any atom is 0.497 e. The molecule has 0 amide bonds. The highest BCUT2D eigenvalue weighted by atomic mass is 32.2. The summed E-state index contributed by atoms with van der Waals surface area (Å²) in [6.45, 7) is 11.9. The van der Waals surface area contributed by atoms with Crippen molar-refractivity contribution >= 4 is 33.5 Å². The molecule has 0 bridgehead atoms. The van der Waals surface area contributed by atoms with Crippen LogP contribution in [-0.2, 0) is 19.3 Å². The Hall–Kier alpha value is -2.09. The molecule has 0 N–H and O–H groups in total. The van der Waals surface area contributed by atoms with Crippen LogP contribution >= 0.6 is 0 Å². The van der Waals surface area contributed by atoms with Crippen molar-refractivity contribution in [2.45, 2.75) is 57.6 Å². The molecule has 0 aliphatic carbocycles. The lowest BCUT2D eigenvalue weighted by Gasteiger charge is -2.32. The van der Waals surface area contributed by atoms with Crippen molar-refractivity contribution in [2.75, 3.05) is 0 Å². The first-order valence-electron chi connectivity index (χ1n) is 9.72. The maximum atomic E-state index is 13.4. The molecule has 29 heavy (non-hydrogen) atoms. The summed E-state index contributed by atoms with van der Waals surface area (Å²) in [5.74, 6) is 0. The first-order chi connectivity index (χ1) is 13.4. The Morgan fingerprint density at radius 1 is 0.862 bits per heavy atom. The molecule has 0 radical (unpaired) electrons. The Morgan fingerprint density at radius 2 is 1.41 bits per heavy atom. The largest absolute Gasteiger partial charge is 0.497 e. The standard InChI is InChI=1S/C22H26BNO4S/c1-15-7-10-17(11-8-15)29(25,26)24-14-19(18-13-16(2)9-12-20(18)24)23-27-21(3,4)22(5,6)28-23/h7-14H,1-6H3. The second-order valence-electron chi connectivity index (χ2n) is 8.81. The lowest BCUT2D eigenvalue weighted by molar-refractivity contribution is 0.00578. The van der Waals surface area contributed by atoms with Crippen LogP contribution in [0.3, 0.4) is 0 Å². The monoisotopic (exact) mass is 411 g/mol. The number of aromatic nitrogens is 1. The number of benzene rings is 2. The minimum atomic E-state index is -3.76. The number of hydrogen-bond acceptors (Lipinski definition) is 4. The Labute approximate surface area is 172 Å². The highest BCUT2D eigenvalue weighted by Gasteiger charge is 2.52. The molecular formula is C22H26BNO4S. The van der Waals surface area contributed by atoms with Gasteiger partial charge in [0.1, 0.15) is 0 Å². The molecule has 0 unspecified atom stereocenters. The maximum absolute atomic E-state index is 13.4. The van der Waals surface area contributed by atoms with Gasteiger partial charge in [0.2, 0.25) is 0 Å². The van der Waals surface area contributed by atoms with Crippen molar-refractivity contribution in [3.05, 3.63) is 59.8 Å². The first-order valence-corrected chi connectivity index (χ1v) is 11.2. The molecule has 7 heteroatoms. The number of hydrogen-bond donors (Lipinski definition) is 0. The van der Waals surface area contributed by atoms with E-state index in [0.717, 1.165) is 22.0 Å². The molecule has 1 aliphatic rings. The van der Waals surface area contributed by atoms with E-state index in [1.54, 1.807) is 30.5 Å². The van der Waals surface area contributed by atoms with E-state index in [1.807, 2.05) is 59.7 Å². The third-order valence-electron chi connectivity index (χ3n) is 6.04. The quantitative estimate of drug-likeness (QED) is 0.616. The van der Waals surface area contributed by atoms with Crippen LogP contribution in [0.4, 0.5) is 0 Å². The van der Waals surface area contributed by atoms with E-state index in [9.17, 15) is 8.42 Å². The van der Waals surface area contributed by atoms with Gasteiger partial charge < -0.3 is 9.31 Å². The van der Waals surface area contributed by atoms with E-state index in [-0.39, 0.29) is 4.90 Å². The third-order valence-corrected chi connectivity index (χ3v) is 7.73. The molecule has 5 nitrogen and oxygen atoms in total. The van der Waals surface area contributed by atoms with Crippen molar-refractivity contribution in [3.63, 3.8) is 0 Å². The molecule has 3 aromatic rings. The summed E-state index contributed by atoms with van der Waals surface area (Å²) in [6, 6.07) is 12.6. The molecule has 2 heterocycles. The number of fused-ring (bicyclic) bond motifs is 1. The number of aryl methyl sites for hydroxylation is 2. The average molecular weight is 411 g/mol. The summed E-state index contributed by atoms with van der Waals surface area (Å²) in [7, 11) is -4.40. The van der Waals surface area contributed by atoms with Gasteiger partial charge in [-0.3, -0.25) is 0 Å². The first kappa shape index (κ1) is 20.2. The molecule has 2 aromatic carbocycles. The lowest BCUT2D eigenvalue weighted by atomic mass is 9.79. The second kappa shape index (κ2) is 6.46. The van der Waals surface area contributed by atoms with E-state index in [1.165, 1.54) is 3.97 Å². The molecule has 152 valence electrons. The van der Waals surface area contributed by atoms with Crippen LogP contribution in [0.15, 0.2) is 53.6 Å². The van der Waals surface area contributed by atoms with Gasteiger partial charge >= 0.3 is 7.12 Å². The zero-order valence-electron chi connectivity index (χ0n) is 17.7. The number of rotatable bonds is 3. The molecule has 0 spiro atoms. The highest BCUT2D eigenvalue weighted by molar-refractivity contribution is 7.90. The van der Waals surface area contributed by atoms with Crippen molar-refractivity contribution in [1.29, 1.82) is 0 Å². The molecule has 1 saturated heterocycles. The average Bonchev–Trinajstić information content (AvgIpc) is 3.09. The Bertz CT molecular complexity index is 1180. The van der Waals surface area contributed by atoms with Gasteiger partial charge in [-0.15, -0.1) is 0 Å². The summed E-state index contributed by atoms with van der Waals surface area (Å²) >= 11 is 0. The molecule has 1 fully saturated rings. The van der Waals surface area contributed by atoms with Gasteiger partial charge in [-0.25, -0.2) is 12.4 Å². The molecule has 1 aliphatic heterocycles. The van der Waals surface area contributed by atoms with Crippen LogP contribution in [0, 0.1) is 13.8 Å². The Kier molecular flexibility index (Phi) is 4.50. The highest BCUT2D eigenvalue weighted by Crippen LogP contribution is 2.37. The second-order valence-corrected chi connectivity index (χ2v) is 10.6. The van der Waals surface area contributed by atoms with Crippen LogP contribution in [0.5, 0.6) is 0 Å². The summed E-state index contributed by atoms with van der Waals surface area (Å²) < 4.78 is 40.6. The molecule has 0 atom stereocenters. The Morgan fingerprint density at radius 3 is 2.00 bits per heavy atom. The van der Waals surface area contributed by atoms with E-state index in [4.69, 9.17) is 9.31 Å². The van der Waals surface area contributed by atoms with Crippen molar-refractivity contribution < 1.29 is 17.7 Å². The fraction of sp³-hybridized carbons (Fsp3) is 0.364. The van der Waals surface area contributed by atoms with Gasteiger partial charge in [-0.1, -0.05) is 35.4 Å². The van der Waals surface area contributed by atoms with Gasteiger partial charge in [-0.2, -0.15) is 0 Å². The smallest absolute Gasteiger partial charge is 0.399 e. The SMILES string of the molecule is Cc1ccc(S(=O)(=O)n2cc(B3OC(C)(C)C(C)(C)O3)c3cc(C)ccc32)cc1. The Balaban J connectivity index is 1.91. The van der Waals surface area contributed by atoms with Crippen molar-refractivity contribution in [2.24, 2.45) is 0 Å². The zero-order valence-corrected chi connectivity index (χ0v) is 18.5. The fourth-order valence-corrected chi connectivity index (χ4v) is 4.90. The minimum absolute atomic E-state index is 0.251. The summed E-state index contributed by atoms with van der Waals surface area (Å²) in [5, 5.41) is 0.819. The van der Waals surface area contributed by atoms with Crippen LogP contribution in [0.1, 0.15) is 38.8 Å². The third kappa shape index (κ3) is 3.21. The fourth-order valence-electron chi connectivity index (χ4n) is 3.52. The topological polar surface area (TPSA) is 57.5 Å². The van der Waals surface area contributed by atoms with Gasteiger partial charge in [0.15, 0.2) is 0 Å². The summed E-state index contributed by atoms with van der Waals surface area (Å²) in [5.41, 5.74) is 2.37. The molecule has 4 rings (SSSR count). The van der Waals surface area contributed by atoms with E-state index >= 15 is 0 Å². The zero-order chi connectivity index (χ0) is 21.2. The summed E-state index contributed by atoms with van der Waals surface area (Å²) in [4.78, 5) is 0.251. The van der Waals surface area contributed by atoms with Crippen molar-refractivity contribution in [3.8, 4) is 0 Å². The van der Waals surface area contributed by atoms with Gasteiger partial charge in [-0.05, 0) is 59.7 Å². The van der Waals surface area contributed by atoms with Crippen LogP contribution in [0.2, 0.25) is 0 Å².